The van der Waals surface area contributed by atoms with Crippen molar-refractivity contribution in [2.75, 3.05) is 25.6 Å². The summed E-state index contributed by atoms with van der Waals surface area (Å²) in [7, 11) is 1.66. The monoisotopic (exact) mass is 270 g/mol. The number of nitrogens with one attached hydrogen (secondary N) is 2. The van der Waals surface area contributed by atoms with E-state index in [-0.39, 0.29) is 0 Å². The van der Waals surface area contributed by atoms with Crippen molar-refractivity contribution >= 4 is 23.2 Å². The lowest BCUT2D eigenvalue weighted by molar-refractivity contribution is 0.197. The molecule has 1 rings (SSSR count). The van der Waals surface area contributed by atoms with Gasteiger partial charge in [0.15, 0.2) is 0 Å². The minimum Gasteiger partial charge on any atom is -0.385 e. The van der Waals surface area contributed by atoms with E-state index in [0.717, 1.165) is 17.7 Å². The van der Waals surface area contributed by atoms with Crippen molar-refractivity contribution in [1.82, 2.24) is 5.43 Å². The molecule has 1 aromatic carbocycles. The Kier molecular flexibility index (Phi) is 6.49. The van der Waals surface area contributed by atoms with Gasteiger partial charge in [0.1, 0.15) is 0 Å². The minimum atomic E-state index is 0.488. The number of hydrogen-bond donors (Lipinski definition) is 3. The van der Waals surface area contributed by atoms with Crippen LogP contribution in [0.15, 0.2) is 23.2 Å². The zero-order valence-electron chi connectivity index (χ0n) is 10.7. The Morgan fingerprint density at radius 3 is 2.89 bits per heavy atom. The Morgan fingerprint density at radius 1 is 1.50 bits per heavy atom. The number of halogens is 1. The van der Waals surface area contributed by atoms with Gasteiger partial charge in [0, 0.05) is 20.3 Å². The maximum Gasteiger partial charge on any atom is 0.210 e. The molecule has 0 aliphatic heterocycles. The van der Waals surface area contributed by atoms with Crippen LogP contribution in [0.25, 0.3) is 0 Å². The summed E-state index contributed by atoms with van der Waals surface area (Å²) < 4.78 is 4.95. The number of nitrogens with zero attached hydrogens (tertiary/aromatic N) is 1. The van der Waals surface area contributed by atoms with Gasteiger partial charge in [0.2, 0.25) is 5.96 Å². The van der Waals surface area contributed by atoms with E-state index >= 15 is 0 Å². The third kappa shape index (κ3) is 4.52. The highest BCUT2D eigenvalue weighted by Crippen LogP contribution is 2.24. The summed E-state index contributed by atoms with van der Waals surface area (Å²) >= 11 is 6.11. The van der Waals surface area contributed by atoms with Gasteiger partial charge in [-0.2, -0.15) is 0 Å². The third-order valence-corrected chi connectivity index (χ3v) is 2.69. The molecule has 0 amide bonds. The molecule has 0 fully saturated rings. The Bertz CT molecular complexity index is 389. The molecule has 4 N–H and O–H groups in total. The molecule has 100 valence electrons. The standard InChI is InChI=1S/C12H19ClN4O/c1-9-5-3-6-10(13)11(9)16-12(17-14)15-7-4-8-18-2/h3,5-6H,4,7-8,14H2,1-2H3,(H2,15,16,17). The number of aliphatic imine (C=N–C) groups is 1. The number of hydrazine groups is 1. The van der Waals surface area contributed by atoms with Gasteiger partial charge in [-0.15, -0.1) is 0 Å². The fourth-order valence-electron chi connectivity index (χ4n) is 1.43. The van der Waals surface area contributed by atoms with Crippen LogP contribution in [0, 0.1) is 6.92 Å². The molecule has 6 heteroatoms. The number of benzene rings is 1. The normalized spacial score (nSPS) is 11.4. The zero-order chi connectivity index (χ0) is 13.4. The number of nitrogens with two attached hydrogens (primary N) is 1. The quantitative estimate of drug-likeness (QED) is 0.251. The van der Waals surface area contributed by atoms with Crippen LogP contribution < -0.4 is 16.6 Å². The number of ether oxygens (including phenoxy) is 1. The van der Waals surface area contributed by atoms with Crippen molar-refractivity contribution < 1.29 is 4.74 Å². The van der Waals surface area contributed by atoms with Crippen LogP contribution >= 0.6 is 11.6 Å². The summed E-state index contributed by atoms with van der Waals surface area (Å²) in [5.41, 5.74) is 4.36. The highest BCUT2D eigenvalue weighted by atomic mass is 35.5. The molecule has 0 spiro atoms. The predicted molar refractivity (Wildman–Crippen MR) is 75.9 cm³/mol. The lowest BCUT2D eigenvalue weighted by Gasteiger charge is -2.13. The highest BCUT2D eigenvalue weighted by molar-refractivity contribution is 6.33. The van der Waals surface area contributed by atoms with Crippen molar-refractivity contribution in [3.05, 3.63) is 28.8 Å². The number of guanidine groups is 1. The van der Waals surface area contributed by atoms with Gasteiger partial charge in [-0.05, 0) is 25.0 Å². The first kappa shape index (κ1) is 14.8. The number of methoxy groups -OCH3 is 1. The minimum absolute atomic E-state index is 0.488. The number of hydrogen-bond acceptors (Lipinski definition) is 3. The van der Waals surface area contributed by atoms with E-state index in [0.29, 0.717) is 24.1 Å². The van der Waals surface area contributed by atoms with Gasteiger partial charge < -0.3 is 10.1 Å². The van der Waals surface area contributed by atoms with Crippen LogP contribution in [0.2, 0.25) is 5.02 Å². The molecule has 1 aromatic rings. The molecule has 0 bridgehead atoms. The largest absolute Gasteiger partial charge is 0.385 e. The van der Waals surface area contributed by atoms with Crippen LogP contribution in [0.3, 0.4) is 0 Å². The van der Waals surface area contributed by atoms with Crippen LogP contribution in [-0.2, 0) is 4.74 Å². The molecule has 0 saturated heterocycles. The molecule has 0 heterocycles. The Balaban J connectivity index is 2.67. The van der Waals surface area contributed by atoms with Gasteiger partial charge in [0.25, 0.3) is 0 Å². The molecular weight excluding hydrogens is 252 g/mol. The number of rotatable bonds is 5. The van der Waals surface area contributed by atoms with Crippen LogP contribution in [0.1, 0.15) is 12.0 Å². The van der Waals surface area contributed by atoms with Crippen LogP contribution in [0.5, 0.6) is 0 Å². The van der Waals surface area contributed by atoms with E-state index in [1.54, 1.807) is 7.11 Å². The third-order valence-electron chi connectivity index (χ3n) is 2.38. The molecule has 0 unspecified atom stereocenters. The summed E-state index contributed by atoms with van der Waals surface area (Å²) in [6.07, 6.45) is 0.838. The first-order valence-electron chi connectivity index (χ1n) is 5.71. The number of para-hydroxylation sites is 1. The molecule has 0 saturated carbocycles. The molecule has 0 aromatic heterocycles. The summed E-state index contributed by atoms with van der Waals surface area (Å²) in [4.78, 5) is 4.29. The van der Waals surface area contributed by atoms with E-state index in [4.69, 9.17) is 22.2 Å². The maximum absolute atomic E-state index is 6.11. The maximum atomic E-state index is 6.11. The Labute approximate surface area is 112 Å². The van der Waals surface area contributed by atoms with E-state index in [1.165, 1.54) is 0 Å². The van der Waals surface area contributed by atoms with Crippen molar-refractivity contribution in [3.8, 4) is 0 Å². The Morgan fingerprint density at radius 2 is 2.28 bits per heavy atom. The number of anilines is 1. The zero-order valence-corrected chi connectivity index (χ0v) is 11.4. The van der Waals surface area contributed by atoms with Crippen molar-refractivity contribution in [2.24, 2.45) is 10.8 Å². The summed E-state index contributed by atoms with van der Waals surface area (Å²) in [6, 6.07) is 5.68. The van der Waals surface area contributed by atoms with Crippen LogP contribution in [-0.4, -0.2) is 26.2 Å². The Hall–Kier alpha value is -1.30. The second-order valence-corrected chi connectivity index (χ2v) is 4.18. The molecule has 0 aliphatic carbocycles. The molecule has 0 atom stereocenters. The van der Waals surface area contributed by atoms with Gasteiger partial charge in [0.05, 0.1) is 10.7 Å². The van der Waals surface area contributed by atoms with Gasteiger partial charge in [-0.1, -0.05) is 23.7 Å². The van der Waals surface area contributed by atoms with E-state index in [1.807, 2.05) is 25.1 Å². The molecule has 0 aliphatic rings. The van der Waals surface area contributed by atoms with Crippen molar-refractivity contribution in [1.29, 1.82) is 0 Å². The lowest BCUT2D eigenvalue weighted by Crippen LogP contribution is -2.36. The topological polar surface area (TPSA) is 71.7 Å². The average molecular weight is 271 g/mol. The number of aryl methyl sites for hydroxylation is 1. The molecule has 18 heavy (non-hydrogen) atoms. The lowest BCUT2D eigenvalue weighted by atomic mass is 10.2. The first-order chi connectivity index (χ1) is 8.69. The van der Waals surface area contributed by atoms with Gasteiger partial charge in [-0.3, -0.25) is 10.4 Å². The fourth-order valence-corrected chi connectivity index (χ4v) is 1.70. The van der Waals surface area contributed by atoms with E-state index in [9.17, 15) is 0 Å². The summed E-state index contributed by atoms with van der Waals surface area (Å²) in [5.74, 6) is 5.91. The van der Waals surface area contributed by atoms with Gasteiger partial charge >= 0.3 is 0 Å². The average Bonchev–Trinajstić information content (AvgIpc) is 2.36. The first-order valence-corrected chi connectivity index (χ1v) is 6.09. The van der Waals surface area contributed by atoms with Gasteiger partial charge in [-0.25, -0.2) is 5.84 Å². The smallest absolute Gasteiger partial charge is 0.210 e. The SMILES string of the molecule is COCCCN=C(NN)Nc1c(C)cccc1Cl. The van der Waals surface area contributed by atoms with Crippen LogP contribution in [0.4, 0.5) is 5.69 Å². The summed E-state index contributed by atoms with van der Waals surface area (Å²) in [5, 5.41) is 3.72. The van der Waals surface area contributed by atoms with Crippen molar-refractivity contribution in [3.63, 3.8) is 0 Å². The molecule has 0 radical (unpaired) electrons. The van der Waals surface area contributed by atoms with E-state index < -0.39 is 0 Å². The van der Waals surface area contributed by atoms with Crippen molar-refractivity contribution in [2.45, 2.75) is 13.3 Å². The molecule has 5 nitrogen and oxygen atoms in total. The second kappa shape index (κ2) is 7.92. The fraction of sp³-hybridized carbons (Fsp3) is 0.417. The van der Waals surface area contributed by atoms with E-state index in [2.05, 4.69) is 15.7 Å². The predicted octanol–water partition coefficient (Wildman–Crippen LogP) is 1.92. The highest BCUT2D eigenvalue weighted by Gasteiger charge is 2.05. The summed E-state index contributed by atoms with van der Waals surface area (Å²) in [6.45, 7) is 3.27. The second-order valence-electron chi connectivity index (χ2n) is 3.78. The molecular formula is C12H19ClN4O.